The predicted octanol–water partition coefficient (Wildman–Crippen LogP) is 4.86. The number of halogens is 1. The van der Waals surface area contributed by atoms with Crippen LogP contribution < -0.4 is 0 Å². The van der Waals surface area contributed by atoms with E-state index in [2.05, 4.69) is 22.0 Å². The zero-order valence-corrected chi connectivity index (χ0v) is 15.6. The largest absolute Gasteiger partial charge is 0.444 e. The van der Waals surface area contributed by atoms with Gasteiger partial charge in [0, 0.05) is 10.0 Å². The van der Waals surface area contributed by atoms with Gasteiger partial charge in [-0.25, -0.2) is 4.79 Å². The van der Waals surface area contributed by atoms with Gasteiger partial charge in [-0.3, -0.25) is 4.90 Å². The van der Waals surface area contributed by atoms with Crippen LogP contribution in [0, 0.1) is 11.3 Å². The van der Waals surface area contributed by atoms with Gasteiger partial charge in [0.2, 0.25) is 0 Å². The van der Waals surface area contributed by atoms with Gasteiger partial charge in [0.1, 0.15) is 5.60 Å². The van der Waals surface area contributed by atoms with Crippen molar-refractivity contribution >= 4 is 22.0 Å². The number of hydrogen-bond donors (Lipinski definition) is 0. The maximum absolute atomic E-state index is 12.5. The third-order valence-corrected chi connectivity index (χ3v) is 3.44. The molecule has 0 aromatic heterocycles. The highest BCUT2D eigenvalue weighted by molar-refractivity contribution is 9.10. The highest BCUT2D eigenvalue weighted by Gasteiger charge is 2.31. The van der Waals surface area contributed by atoms with Crippen molar-refractivity contribution < 1.29 is 9.53 Å². The lowest BCUT2D eigenvalue weighted by atomic mass is 10.0. The van der Waals surface area contributed by atoms with E-state index in [1.165, 1.54) is 0 Å². The zero-order valence-electron chi connectivity index (χ0n) is 14.0. The van der Waals surface area contributed by atoms with Crippen LogP contribution in [0.25, 0.3) is 0 Å². The van der Waals surface area contributed by atoms with Gasteiger partial charge in [0.25, 0.3) is 0 Å². The van der Waals surface area contributed by atoms with Crippen LogP contribution in [0.1, 0.15) is 52.7 Å². The molecule has 0 spiro atoms. The van der Waals surface area contributed by atoms with Crippen LogP contribution in [-0.2, 0) is 11.3 Å². The molecule has 1 aromatic rings. The average Bonchev–Trinajstić information content (AvgIpc) is 2.33. The molecule has 0 aliphatic rings. The quantitative estimate of drug-likeness (QED) is 0.750. The Labute approximate surface area is 141 Å². The molecule has 1 rings (SSSR count). The monoisotopic (exact) mass is 366 g/mol. The second-order valence-electron chi connectivity index (χ2n) is 7.15. The van der Waals surface area contributed by atoms with Crippen molar-refractivity contribution in [2.45, 2.75) is 59.2 Å². The molecule has 0 radical (unpaired) electrons. The van der Waals surface area contributed by atoms with Crippen molar-refractivity contribution in [1.82, 2.24) is 4.90 Å². The number of benzene rings is 1. The van der Waals surface area contributed by atoms with Gasteiger partial charge in [-0.15, -0.1) is 0 Å². The van der Waals surface area contributed by atoms with Gasteiger partial charge in [0.05, 0.1) is 18.2 Å². The van der Waals surface area contributed by atoms with Crippen molar-refractivity contribution in [3.8, 4) is 6.07 Å². The average molecular weight is 367 g/mol. The maximum atomic E-state index is 12.5. The molecule has 0 unspecified atom stereocenters. The summed E-state index contributed by atoms with van der Waals surface area (Å²) in [5.74, 6) is 0. The SMILES string of the molecule is CC(C)(C)OC(=O)N(Cc1ccc(Br)cc1C#N)C(C)(C)C. The first-order valence-electron chi connectivity index (χ1n) is 7.13. The Hall–Kier alpha value is -1.54. The second kappa shape index (κ2) is 6.70. The van der Waals surface area contributed by atoms with Crippen LogP contribution in [0.15, 0.2) is 22.7 Å². The Kier molecular flexibility index (Phi) is 5.64. The third kappa shape index (κ3) is 5.34. The Morgan fingerprint density at radius 3 is 2.32 bits per heavy atom. The van der Waals surface area contributed by atoms with Gasteiger partial charge >= 0.3 is 6.09 Å². The summed E-state index contributed by atoms with van der Waals surface area (Å²) in [6, 6.07) is 7.65. The number of nitrogens with zero attached hydrogens (tertiary/aromatic N) is 2. The molecule has 120 valence electrons. The van der Waals surface area contributed by atoms with Crippen LogP contribution in [0.3, 0.4) is 0 Å². The maximum Gasteiger partial charge on any atom is 0.411 e. The van der Waals surface area contributed by atoms with E-state index in [1.54, 1.807) is 11.0 Å². The fraction of sp³-hybridized carbons (Fsp3) is 0.529. The van der Waals surface area contributed by atoms with Crippen molar-refractivity contribution in [2.75, 3.05) is 0 Å². The van der Waals surface area contributed by atoms with Gasteiger partial charge in [0.15, 0.2) is 0 Å². The lowest BCUT2D eigenvalue weighted by Gasteiger charge is -2.37. The molecule has 0 aliphatic heterocycles. The Morgan fingerprint density at radius 1 is 1.27 bits per heavy atom. The molecule has 4 nitrogen and oxygen atoms in total. The van der Waals surface area contributed by atoms with E-state index < -0.39 is 11.1 Å². The first kappa shape index (κ1) is 18.5. The Morgan fingerprint density at radius 2 is 1.86 bits per heavy atom. The van der Waals surface area contributed by atoms with Gasteiger partial charge in [-0.2, -0.15) is 5.26 Å². The summed E-state index contributed by atoms with van der Waals surface area (Å²) in [7, 11) is 0. The number of amides is 1. The standard InChI is InChI=1S/C17H23BrN2O2/c1-16(2,3)20(15(21)22-17(4,5)6)11-12-7-8-14(18)9-13(12)10-19/h7-9H,11H2,1-6H3. The molecular formula is C17H23BrN2O2. The van der Waals surface area contributed by atoms with E-state index in [9.17, 15) is 10.1 Å². The van der Waals surface area contributed by atoms with E-state index >= 15 is 0 Å². The van der Waals surface area contributed by atoms with Crippen LogP contribution >= 0.6 is 15.9 Å². The molecule has 22 heavy (non-hydrogen) atoms. The summed E-state index contributed by atoms with van der Waals surface area (Å²) < 4.78 is 6.33. The summed E-state index contributed by atoms with van der Waals surface area (Å²) in [5, 5.41) is 9.28. The lowest BCUT2D eigenvalue weighted by molar-refractivity contribution is 0.00370. The van der Waals surface area contributed by atoms with Gasteiger partial charge < -0.3 is 4.74 Å². The highest BCUT2D eigenvalue weighted by Crippen LogP contribution is 2.24. The smallest absolute Gasteiger partial charge is 0.411 e. The van der Waals surface area contributed by atoms with Crippen molar-refractivity contribution in [3.63, 3.8) is 0 Å². The molecule has 0 heterocycles. The number of carbonyl (C=O) groups excluding carboxylic acids is 1. The van der Waals surface area contributed by atoms with Crippen LogP contribution in [0.4, 0.5) is 4.79 Å². The number of nitriles is 1. The topological polar surface area (TPSA) is 53.3 Å². The first-order chi connectivity index (χ1) is 9.94. The molecule has 0 aliphatic carbocycles. The summed E-state index contributed by atoms with van der Waals surface area (Å²) in [6.07, 6.45) is -0.383. The molecular weight excluding hydrogens is 344 g/mol. The minimum absolute atomic E-state index is 0.328. The van der Waals surface area contributed by atoms with E-state index in [0.29, 0.717) is 12.1 Å². The van der Waals surface area contributed by atoms with Crippen molar-refractivity contribution in [1.29, 1.82) is 5.26 Å². The number of ether oxygens (including phenoxy) is 1. The number of hydrogen-bond acceptors (Lipinski definition) is 3. The van der Waals surface area contributed by atoms with Gasteiger partial charge in [-0.05, 0) is 59.2 Å². The predicted molar refractivity (Wildman–Crippen MR) is 90.4 cm³/mol. The minimum atomic E-state index is -0.557. The number of rotatable bonds is 2. The van der Waals surface area contributed by atoms with Crippen LogP contribution in [0.2, 0.25) is 0 Å². The molecule has 1 amide bonds. The molecule has 5 heteroatoms. The summed E-state index contributed by atoms with van der Waals surface area (Å²) >= 11 is 3.36. The van der Waals surface area contributed by atoms with E-state index in [0.717, 1.165) is 10.0 Å². The number of carbonyl (C=O) groups is 1. The molecule has 0 bridgehead atoms. The second-order valence-corrected chi connectivity index (χ2v) is 8.07. The Balaban J connectivity index is 3.11. The molecule has 0 fully saturated rings. The van der Waals surface area contributed by atoms with Gasteiger partial charge in [-0.1, -0.05) is 22.0 Å². The first-order valence-corrected chi connectivity index (χ1v) is 7.92. The van der Waals surface area contributed by atoms with E-state index in [-0.39, 0.29) is 6.09 Å². The van der Waals surface area contributed by atoms with Crippen molar-refractivity contribution in [3.05, 3.63) is 33.8 Å². The minimum Gasteiger partial charge on any atom is -0.444 e. The zero-order chi connectivity index (χ0) is 17.1. The summed E-state index contributed by atoms with van der Waals surface area (Å²) in [4.78, 5) is 14.1. The van der Waals surface area contributed by atoms with E-state index in [4.69, 9.17) is 4.74 Å². The van der Waals surface area contributed by atoms with Crippen molar-refractivity contribution in [2.24, 2.45) is 0 Å². The van der Waals surface area contributed by atoms with Crippen LogP contribution in [0.5, 0.6) is 0 Å². The molecule has 0 saturated heterocycles. The third-order valence-electron chi connectivity index (χ3n) is 2.94. The lowest BCUT2D eigenvalue weighted by Crippen LogP contribution is -2.47. The Bertz CT molecular complexity index is 592. The fourth-order valence-electron chi connectivity index (χ4n) is 1.85. The fourth-order valence-corrected chi connectivity index (χ4v) is 2.21. The van der Waals surface area contributed by atoms with Crippen LogP contribution in [-0.4, -0.2) is 22.1 Å². The summed E-state index contributed by atoms with van der Waals surface area (Å²) in [5.41, 5.74) is 0.374. The summed E-state index contributed by atoms with van der Waals surface area (Å²) in [6.45, 7) is 11.7. The molecule has 0 atom stereocenters. The molecule has 0 saturated carbocycles. The molecule has 1 aromatic carbocycles. The normalized spacial score (nSPS) is 11.7. The van der Waals surface area contributed by atoms with E-state index in [1.807, 2.05) is 53.7 Å². The highest BCUT2D eigenvalue weighted by atomic mass is 79.9. The molecule has 0 N–H and O–H groups in total.